The molecule has 0 fully saturated rings. The molecule has 0 aliphatic heterocycles. The lowest BCUT2D eigenvalue weighted by Crippen LogP contribution is -2.05. The minimum absolute atomic E-state index is 0.402. The van der Waals surface area contributed by atoms with Gasteiger partial charge in [0.25, 0.3) is 0 Å². The van der Waals surface area contributed by atoms with Crippen molar-refractivity contribution in [2.24, 2.45) is 0 Å². The summed E-state index contributed by atoms with van der Waals surface area (Å²) in [6.45, 7) is 1.75. The molecule has 0 aliphatic rings. The van der Waals surface area contributed by atoms with Gasteiger partial charge < -0.3 is 4.74 Å². The Hall–Kier alpha value is -1.16. The average molecular weight is 257 g/mol. The Bertz CT molecular complexity index is 385. The number of carbonyl (C=O) groups is 2. The zero-order chi connectivity index (χ0) is 10.7. The van der Waals surface area contributed by atoms with Gasteiger partial charge in [-0.2, -0.15) is 0 Å². The molecule has 0 unspecified atom stereocenters. The first-order valence-corrected chi connectivity index (χ1v) is 4.73. The molecule has 0 saturated carbocycles. The number of halogens is 1. The number of esters is 1. The van der Waals surface area contributed by atoms with Crippen LogP contribution in [0, 0.1) is 6.92 Å². The molecule has 3 nitrogen and oxygen atoms in total. The normalized spacial score (nSPS) is 9.64. The third-order valence-electron chi connectivity index (χ3n) is 1.95. The van der Waals surface area contributed by atoms with Crippen LogP contribution in [0.1, 0.15) is 26.3 Å². The number of hydrogen-bond acceptors (Lipinski definition) is 3. The quantitative estimate of drug-likeness (QED) is 0.603. The number of benzene rings is 1. The van der Waals surface area contributed by atoms with Crippen LogP contribution < -0.4 is 0 Å². The van der Waals surface area contributed by atoms with Crippen LogP contribution in [0.3, 0.4) is 0 Å². The molecule has 14 heavy (non-hydrogen) atoms. The van der Waals surface area contributed by atoms with E-state index in [0.29, 0.717) is 21.2 Å². The molecule has 0 N–H and O–H groups in total. The van der Waals surface area contributed by atoms with Crippen LogP contribution in [0.2, 0.25) is 0 Å². The number of hydrogen-bond donors (Lipinski definition) is 0. The first-order chi connectivity index (χ1) is 6.61. The Labute approximate surface area is 90.2 Å². The Morgan fingerprint density at radius 1 is 1.50 bits per heavy atom. The van der Waals surface area contributed by atoms with Gasteiger partial charge in [-0.25, -0.2) is 4.79 Å². The molecule has 0 radical (unpaired) electrons. The molecule has 0 aliphatic carbocycles. The zero-order valence-corrected chi connectivity index (χ0v) is 9.42. The molecular formula is C10H9BrO3. The highest BCUT2D eigenvalue weighted by molar-refractivity contribution is 9.10. The summed E-state index contributed by atoms with van der Waals surface area (Å²) in [6.07, 6.45) is 0.734. The number of carbonyl (C=O) groups excluding carboxylic acids is 2. The van der Waals surface area contributed by atoms with Crippen molar-refractivity contribution >= 4 is 28.2 Å². The largest absolute Gasteiger partial charge is 0.465 e. The maximum atomic E-state index is 11.3. The highest BCUT2D eigenvalue weighted by Crippen LogP contribution is 2.23. The number of rotatable bonds is 2. The average Bonchev–Trinajstić information content (AvgIpc) is 2.21. The molecular weight excluding hydrogens is 248 g/mol. The topological polar surface area (TPSA) is 43.4 Å². The fourth-order valence-electron chi connectivity index (χ4n) is 1.13. The van der Waals surface area contributed by atoms with Gasteiger partial charge in [0.15, 0.2) is 6.29 Å². The van der Waals surface area contributed by atoms with Gasteiger partial charge in [-0.1, -0.05) is 0 Å². The van der Waals surface area contributed by atoms with Crippen molar-refractivity contribution in [1.82, 2.24) is 0 Å². The van der Waals surface area contributed by atoms with Crippen molar-refractivity contribution in [3.63, 3.8) is 0 Å². The number of aldehydes is 1. The SMILES string of the molecule is COC(=O)c1ccc(C=O)c(Br)c1C. The van der Waals surface area contributed by atoms with E-state index in [1.54, 1.807) is 19.1 Å². The molecule has 1 aromatic carbocycles. The van der Waals surface area contributed by atoms with Crippen LogP contribution in [0.25, 0.3) is 0 Å². The second kappa shape index (κ2) is 4.37. The van der Waals surface area contributed by atoms with Gasteiger partial charge in [0.2, 0.25) is 0 Å². The van der Waals surface area contributed by atoms with Gasteiger partial charge in [0.05, 0.1) is 12.7 Å². The van der Waals surface area contributed by atoms with Gasteiger partial charge >= 0.3 is 5.97 Å². The molecule has 0 aromatic heterocycles. The summed E-state index contributed by atoms with van der Waals surface area (Å²) >= 11 is 3.25. The third-order valence-corrected chi connectivity index (χ3v) is 3.00. The van der Waals surface area contributed by atoms with E-state index in [4.69, 9.17) is 0 Å². The van der Waals surface area contributed by atoms with Gasteiger partial charge in [0.1, 0.15) is 0 Å². The van der Waals surface area contributed by atoms with Crippen LogP contribution in [-0.4, -0.2) is 19.4 Å². The molecule has 1 rings (SSSR count). The monoisotopic (exact) mass is 256 g/mol. The summed E-state index contributed by atoms with van der Waals surface area (Å²) in [6, 6.07) is 3.16. The van der Waals surface area contributed by atoms with Crippen molar-refractivity contribution in [3.8, 4) is 0 Å². The van der Waals surface area contributed by atoms with Crippen LogP contribution in [0.15, 0.2) is 16.6 Å². The van der Waals surface area contributed by atoms with Crippen LogP contribution in [-0.2, 0) is 4.74 Å². The smallest absolute Gasteiger partial charge is 0.338 e. The minimum atomic E-state index is -0.402. The highest BCUT2D eigenvalue weighted by Gasteiger charge is 2.13. The first-order valence-electron chi connectivity index (χ1n) is 3.94. The Morgan fingerprint density at radius 2 is 2.14 bits per heavy atom. The lowest BCUT2D eigenvalue weighted by molar-refractivity contribution is 0.0599. The lowest BCUT2D eigenvalue weighted by atomic mass is 10.1. The third kappa shape index (κ3) is 1.85. The maximum Gasteiger partial charge on any atom is 0.338 e. The first kappa shape index (κ1) is 10.9. The van der Waals surface area contributed by atoms with Crippen molar-refractivity contribution in [2.45, 2.75) is 6.92 Å². The molecule has 0 bridgehead atoms. The van der Waals surface area contributed by atoms with Crippen molar-refractivity contribution in [1.29, 1.82) is 0 Å². The number of ether oxygens (including phenoxy) is 1. The Morgan fingerprint density at radius 3 is 2.64 bits per heavy atom. The van der Waals surface area contributed by atoms with Crippen molar-refractivity contribution in [3.05, 3.63) is 33.3 Å². The van der Waals surface area contributed by atoms with E-state index in [0.717, 1.165) is 6.29 Å². The summed E-state index contributed by atoms with van der Waals surface area (Å²) in [5.41, 5.74) is 1.70. The summed E-state index contributed by atoms with van der Waals surface area (Å²) in [4.78, 5) is 21.8. The van der Waals surface area contributed by atoms with E-state index in [-0.39, 0.29) is 0 Å². The fourth-order valence-corrected chi connectivity index (χ4v) is 1.57. The van der Waals surface area contributed by atoms with E-state index in [9.17, 15) is 9.59 Å². The highest BCUT2D eigenvalue weighted by atomic mass is 79.9. The van der Waals surface area contributed by atoms with E-state index < -0.39 is 5.97 Å². The molecule has 0 atom stereocenters. The van der Waals surface area contributed by atoms with E-state index in [1.807, 2.05) is 0 Å². The second-order valence-electron chi connectivity index (χ2n) is 2.75. The molecule has 74 valence electrons. The van der Waals surface area contributed by atoms with Crippen molar-refractivity contribution in [2.75, 3.05) is 7.11 Å². The molecule has 0 spiro atoms. The summed E-state index contributed by atoms with van der Waals surface area (Å²) < 4.78 is 5.23. The molecule has 0 amide bonds. The number of methoxy groups -OCH3 is 1. The second-order valence-corrected chi connectivity index (χ2v) is 3.54. The molecule has 1 aromatic rings. The summed E-state index contributed by atoms with van der Waals surface area (Å²) in [5, 5.41) is 0. The van der Waals surface area contributed by atoms with Gasteiger partial charge in [0, 0.05) is 10.0 Å². The van der Waals surface area contributed by atoms with Crippen LogP contribution >= 0.6 is 15.9 Å². The van der Waals surface area contributed by atoms with Gasteiger partial charge in [-0.3, -0.25) is 4.79 Å². The summed E-state index contributed by atoms with van der Waals surface area (Å²) in [7, 11) is 1.32. The zero-order valence-electron chi connectivity index (χ0n) is 7.83. The van der Waals surface area contributed by atoms with E-state index in [1.165, 1.54) is 7.11 Å². The summed E-state index contributed by atoms with van der Waals surface area (Å²) in [5.74, 6) is -0.402. The van der Waals surface area contributed by atoms with Crippen LogP contribution in [0.5, 0.6) is 0 Å². The Balaban J connectivity index is 3.30. The molecule has 0 saturated heterocycles. The maximum absolute atomic E-state index is 11.3. The van der Waals surface area contributed by atoms with Crippen LogP contribution in [0.4, 0.5) is 0 Å². The minimum Gasteiger partial charge on any atom is -0.465 e. The standard InChI is InChI=1S/C10H9BrO3/c1-6-8(10(13)14-2)4-3-7(5-12)9(6)11/h3-5H,1-2H3. The Kier molecular flexibility index (Phi) is 3.41. The molecule has 4 heteroatoms. The predicted molar refractivity (Wildman–Crippen MR) is 55.6 cm³/mol. The van der Waals surface area contributed by atoms with Gasteiger partial charge in [-0.15, -0.1) is 0 Å². The van der Waals surface area contributed by atoms with E-state index >= 15 is 0 Å². The lowest BCUT2D eigenvalue weighted by Gasteiger charge is -2.06. The fraction of sp³-hybridized carbons (Fsp3) is 0.200. The van der Waals surface area contributed by atoms with Crippen molar-refractivity contribution < 1.29 is 14.3 Å². The van der Waals surface area contributed by atoms with E-state index in [2.05, 4.69) is 20.7 Å². The van der Waals surface area contributed by atoms with Gasteiger partial charge in [-0.05, 0) is 40.5 Å². The predicted octanol–water partition coefficient (Wildman–Crippen LogP) is 2.36. The molecule has 0 heterocycles.